The van der Waals surface area contributed by atoms with Crippen molar-refractivity contribution < 1.29 is 9.47 Å². The van der Waals surface area contributed by atoms with Crippen molar-refractivity contribution in [1.29, 1.82) is 0 Å². The minimum absolute atomic E-state index is 0.0493. The Labute approximate surface area is 85.8 Å². The van der Waals surface area contributed by atoms with E-state index in [4.69, 9.17) is 9.47 Å². The van der Waals surface area contributed by atoms with Crippen LogP contribution >= 0.6 is 0 Å². The van der Waals surface area contributed by atoms with Gasteiger partial charge in [-0.15, -0.1) is 0 Å². The Hall–Kier alpha value is -1.18. The number of benzene rings is 1. The molecule has 77 valence electrons. The molecule has 1 aromatic rings. The van der Waals surface area contributed by atoms with E-state index in [9.17, 15) is 0 Å². The van der Waals surface area contributed by atoms with Gasteiger partial charge in [0.25, 0.3) is 0 Å². The highest BCUT2D eigenvalue weighted by Crippen LogP contribution is 2.37. The minimum Gasteiger partial charge on any atom is -0.493 e. The van der Waals surface area contributed by atoms with E-state index in [-0.39, 0.29) is 5.41 Å². The van der Waals surface area contributed by atoms with Crippen LogP contribution < -0.4 is 9.47 Å². The molecule has 0 saturated carbocycles. The Bertz CT molecular complexity index is 311. The van der Waals surface area contributed by atoms with Gasteiger partial charge in [-0.3, -0.25) is 0 Å². The summed E-state index contributed by atoms with van der Waals surface area (Å²) in [5.41, 5.74) is 1.18. The molecular formula is C12H17O2. The summed E-state index contributed by atoms with van der Waals surface area (Å²) in [6, 6.07) is 6.88. The third-order valence-electron chi connectivity index (χ3n) is 2.13. The van der Waals surface area contributed by atoms with Crippen molar-refractivity contribution >= 4 is 0 Å². The molecule has 0 aliphatic rings. The summed E-state index contributed by atoms with van der Waals surface area (Å²) >= 11 is 0. The molecule has 0 heterocycles. The molecule has 1 radical (unpaired) electrons. The van der Waals surface area contributed by atoms with Crippen LogP contribution in [0.5, 0.6) is 11.5 Å². The van der Waals surface area contributed by atoms with Crippen LogP contribution in [0.1, 0.15) is 26.3 Å². The fraction of sp³-hybridized carbons (Fsp3) is 0.500. The van der Waals surface area contributed by atoms with Gasteiger partial charge in [-0.25, -0.2) is 0 Å². The van der Waals surface area contributed by atoms with Gasteiger partial charge < -0.3 is 9.47 Å². The van der Waals surface area contributed by atoms with E-state index in [1.165, 1.54) is 0 Å². The van der Waals surface area contributed by atoms with Gasteiger partial charge >= 0.3 is 0 Å². The topological polar surface area (TPSA) is 18.5 Å². The summed E-state index contributed by atoms with van der Waals surface area (Å²) in [7, 11) is 3.28. The van der Waals surface area contributed by atoms with E-state index in [0.29, 0.717) is 5.75 Å². The van der Waals surface area contributed by atoms with Crippen molar-refractivity contribution in [2.75, 3.05) is 14.2 Å². The van der Waals surface area contributed by atoms with Crippen LogP contribution in [-0.2, 0) is 5.41 Å². The number of methoxy groups -OCH3 is 2. The fourth-order valence-electron chi connectivity index (χ4n) is 1.41. The molecule has 0 aliphatic carbocycles. The summed E-state index contributed by atoms with van der Waals surface area (Å²) in [6.45, 7) is 6.43. The summed E-state index contributed by atoms with van der Waals surface area (Å²) in [5.74, 6) is 1.45. The van der Waals surface area contributed by atoms with Crippen LogP contribution in [0.2, 0.25) is 0 Å². The van der Waals surface area contributed by atoms with Crippen LogP contribution in [0, 0.1) is 6.07 Å². The molecule has 0 unspecified atom stereocenters. The lowest BCUT2D eigenvalue weighted by molar-refractivity contribution is 0.344. The predicted octanol–water partition coefficient (Wildman–Crippen LogP) is 2.80. The Balaban J connectivity index is 3.29. The molecule has 0 amide bonds. The van der Waals surface area contributed by atoms with Crippen LogP contribution in [0.4, 0.5) is 0 Å². The first-order valence-electron chi connectivity index (χ1n) is 4.64. The number of ether oxygens (including phenoxy) is 2. The van der Waals surface area contributed by atoms with Crippen molar-refractivity contribution in [3.05, 3.63) is 23.8 Å². The molecule has 1 aromatic carbocycles. The molecule has 14 heavy (non-hydrogen) atoms. The maximum atomic E-state index is 5.34. The first kappa shape index (κ1) is 10.9. The van der Waals surface area contributed by atoms with Gasteiger partial charge in [0.2, 0.25) is 0 Å². The van der Waals surface area contributed by atoms with Crippen LogP contribution in [0.25, 0.3) is 0 Å². The minimum atomic E-state index is 0.0493. The smallest absolute Gasteiger partial charge is 0.168 e. The Morgan fingerprint density at radius 1 is 1.14 bits per heavy atom. The second-order valence-corrected chi connectivity index (χ2v) is 4.21. The lowest BCUT2D eigenvalue weighted by Crippen LogP contribution is -2.13. The third-order valence-corrected chi connectivity index (χ3v) is 2.13. The van der Waals surface area contributed by atoms with E-state index in [2.05, 4.69) is 26.8 Å². The maximum absolute atomic E-state index is 5.34. The van der Waals surface area contributed by atoms with Crippen molar-refractivity contribution in [2.24, 2.45) is 0 Å². The second kappa shape index (κ2) is 3.91. The number of hydrogen-bond acceptors (Lipinski definition) is 2. The maximum Gasteiger partial charge on any atom is 0.168 e. The predicted molar refractivity (Wildman–Crippen MR) is 57.1 cm³/mol. The van der Waals surface area contributed by atoms with Gasteiger partial charge in [-0.05, 0) is 11.5 Å². The summed E-state index contributed by atoms with van der Waals surface area (Å²) in [5, 5.41) is 0. The van der Waals surface area contributed by atoms with Crippen molar-refractivity contribution in [1.82, 2.24) is 0 Å². The van der Waals surface area contributed by atoms with E-state index in [0.717, 1.165) is 11.3 Å². The van der Waals surface area contributed by atoms with Gasteiger partial charge in [-0.2, -0.15) is 0 Å². The molecule has 0 N–H and O–H groups in total. The average Bonchev–Trinajstić information content (AvgIpc) is 2.15. The van der Waals surface area contributed by atoms with Gasteiger partial charge in [0, 0.05) is 11.6 Å². The zero-order chi connectivity index (χ0) is 10.8. The molecular weight excluding hydrogens is 176 g/mol. The number of hydrogen-bond donors (Lipinski definition) is 0. The van der Waals surface area contributed by atoms with Crippen molar-refractivity contribution in [3.8, 4) is 11.5 Å². The summed E-state index contributed by atoms with van der Waals surface area (Å²) in [6.07, 6.45) is 0. The molecule has 2 nitrogen and oxygen atoms in total. The quantitative estimate of drug-likeness (QED) is 0.719. The molecule has 0 saturated heterocycles. The monoisotopic (exact) mass is 193 g/mol. The molecule has 0 atom stereocenters. The second-order valence-electron chi connectivity index (χ2n) is 4.21. The molecule has 1 rings (SSSR count). The average molecular weight is 193 g/mol. The highest BCUT2D eigenvalue weighted by Gasteiger charge is 2.21. The van der Waals surface area contributed by atoms with Crippen LogP contribution in [0.3, 0.4) is 0 Å². The SMILES string of the molecule is COc1[c]ccc(C(C)(C)C)c1OC. The Kier molecular flexibility index (Phi) is 3.04. The first-order chi connectivity index (χ1) is 6.50. The highest BCUT2D eigenvalue weighted by molar-refractivity contribution is 5.48. The lowest BCUT2D eigenvalue weighted by Gasteiger charge is -2.22. The highest BCUT2D eigenvalue weighted by atomic mass is 16.5. The van der Waals surface area contributed by atoms with E-state index in [1.807, 2.05) is 12.1 Å². The summed E-state index contributed by atoms with van der Waals surface area (Å²) in [4.78, 5) is 0. The zero-order valence-electron chi connectivity index (χ0n) is 9.47. The van der Waals surface area contributed by atoms with E-state index >= 15 is 0 Å². The fourth-order valence-corrected chi connectivity index (χ4v) is 1.41. The first-order valence-corrected chi connectivity index (χ1v) is 4.64. The van der Waals surface area contributed by atoms with Gasteiger partial charge in [0.1, 0.15) is 0 Å². The van der Waals surface area contributed by atoms with Gasteiger partial charge in [0.15, 0.2) is 11.5 Å². The molecule has 0 aliphatic heterocycles. The molecule has 0 spiro atoms. The third kappa shape index (κ3) is 2.00. The summed E-state index contributed by atoms with van der Waals surface area (Å²) < 4.78 is 10.5. The standard InChI is InChI=1S/C12H17O2/c1-12(2,3)9-7-6-8-10(13-4)11(9)14-5/h6-7H,1-5H3. The Morgan fingerprint density at radius 2 is 1.79 bits per heavy atom. The van der Waals surface area contributed by atoms with Crippen LogP contribution in [0.15, 0.2) is 12.1 Å². The van der Waals surface area contributed by atoms with Gasteiger partial charge in [0.05, 0.1) is 14.2 Å². The largest absolute Gasteiger partial charge is 0.493 e. The van der Waals surface area contributed by atoms with Crippen molar-refractivity contribution in [2.45, 2.75) is 26.2 Å². The zero-order valence-corrected chi connectivity index (χ0v) is 9.47. The van der Waals surface area contributed by atoms with E-state index in [1.54, 1.807) is 14.2 Å². The lowest BCUT2D eigenvalue weighted by atomic mass is 9.86. The van der Waals surface area contributed by atoms with Crippen LogP contribution in [-0.4, -0.2) is 14.2 Å². The van der Waals surface area contributed by atoms with E-state index < -0.39 is 0 Å². The normalized spacial score (nSPS) is 11.2. The van der Waals surface area contributed by atoms with Gasteiger partial charge in [-0.1, -0.05) is 26.8 Å². The Morgan fingerprint density at radius 3 is 2.21 bits per heavy atom. The molecule has 2 heteroatoms. The van der Waals surface area contributed by atoms with Crippen molar-refractivity contribution in [3.63, 3.8) is 0 Å². The molecule has 0 bridgehead atoms. The number of rotatable bonds is 2. The molecule has 0 fully saturated rings. The molecule has 0 aromatic heterocycles.